The molecular formula is C17H21N5O. The van der Waals surface area contributed by atoms with Crippen molar-refractivity contribution in [2.24, 2.45) is 5.92 Å². The fourth-order valence-corrected chi connectivity index (χ4v) is 3.84. The number of aromatic nitrogens is 3. The van der Waals surface area contributed by atoms with E-state index in [-0.39, 0.29) is 5.91 Å². The summed E-state index contributed by atoms with van der Waals surface area (Å²) in [7, 11) is 2.16. The third kappa shape index (κ3) is 2.74. The Balaban J connectivity index is 1.55. The number of carbonyl (C=O) groups is 1. The molecule has 0 radical (unpaired) electrons. The highest BCUT2D eigenvalue weighted by Gasteiger charge is 2.36. The van der Waals surface area contributed by atoms with Crippen molar-refractivity contribution in [3.63, 3.8) is 0 Å². The van der Waals surface area contributed by atoms with E-state index in [0.29, 0.717) is 12.0 Å². The molecule has 6 nitrogen and oxygen atoms in total. The average molecular weight is 311 g/mol. The first-order valence-electron chi connectivity index (χ1n) is 8.15. The number of carbonyl (C=O) groups excluding carboxylic acids is 1. The van der Waals surface area contributed by atoms with Gasteiger partial charge in [-0.15, -0.1) is 10.2 Å². The summed E-state index contributed by atoms with van der Waals surface area (Å²) in [6.07, 6.45) is 5.67. The third-order valence-electron chi connectivity index (χ3n) is 4.99. The van der Waals surface area contributed by atoms with Gasteiger partial charge in [0.25, 0.3) is 5.91 Å². The molecule has 6 heteroatoms. The number of hydrogen-bond donors (Lipinski definition) is 0. The highest BCUT2D eigenvalue weighted by molar-refractivity contribution is 5.94. The molecular weight excluding hydrogens is 290 g/mol. The van der Waals surface area contributed by atoms with Crippen molar-refractivity contribution in [1.29, 1.82) is 0 Å². The van der Waals surface area contributed by atoms with Crippen molar-refractivity contribution >= 4 is 5.91 Å². The van der Waals surface area contributed by atoms with Gasteiger partial charge in [0.1, 0.15) is 12.7 Å². The van der Waals surface area contributed by atoms with E-state index in [2.05, 4.69) is 27.0 Å². The van der Waals surface area contributed by atoms with Crippen LogP contribution in [-0.2, 0) is 0 Å². The van der Waals surface area contributed by atoms with Crippen LogP contribution >= 0.6 is 0 Å². The van der Waals surface area contributed by atoms with Crippen molar-refractivity contribution in [1.82, 2.24) is 24.6 Å². The average Bonchev–Trinajstić information content (AvgIpc) is 2.98. The molecule has 3 aliphatic heterocycles. The lowest BCUT2D eigenvalue weighted by molar-refractivity contribution is 0.0587. The summed E-state index contributed by atoms with van der Waals surface area (Å²) in [4.78, 5) is 17.4. The molecule has 3 aliphatic rings. The predicted octanol–water partition coefficient (Wildman–Crippen LogP) is 1.43. The van der Waals surface area contributed by atoms with Crippen LogP contribution in [0.25, 0.3) is 5.69 Å². The lowest BCUT2D eigenvalue weighted by Gasteiger charge is -2.36. The zero-order valence-corrected chi connectivity index (χ0v) is 13.3. The molecule has 120 valence electrons. The summed E-state index contributed by atoms with van der Waals surface area (Å²) in [6, 6.07) is 8.04. The van der Waals surface area contributed by atoms with Crippen LogP contribution < -0.4 is 0 Å². The summed E-state index contributed by atoms with van der Waals surface area (Å²) in [6.45, 7) is 2.98. The van der Waals surface area contributed by atoms with Crippen LogP contribution in [0.3, 0.4) is 0 Å². The molecule has 1 amide bonds. The van der Waals surface area contributed by atoms with Gasteiger partial charge in [-0.3, -0.25) is 9.36 Å². The number of rotatable bonds is 2. The van der Waals surface area contributed by atoms with E-state index in [1.165, 1.54) is 6.42 Å². The standard InChI is InChI=1S/C17H21N5O/c1-20-8-13-2-5-16(10-20)22(9-13)17(23)14-3-6-15(7-4-14)21-11-18-19-12-21/h3-4,6-7,11-13,16H,2,5,8-10H2,1H3/t13-,16+/m0/s1. The topological polar surface area (TPSA) is 54.3 Å². The molecule has 2 atom stereocenters. The van der Waals surface area contributed by atoms with Gasteiger partial charge in [-0.25, -0.2) is 0 Å². The molecule has 2 bridgehead atoms. The number of benzene rings is 1. The zero-order chi connectivity index (χ0) is 15.8. The van der Waals surface area contributed by atoms with Gasteiger partial charge in [0.2, 0.25) is 0 Å². The van der Waals surface area contributed by atoms with Gasteiger partial charge in [0, 0.05) is 36.9 Å². The number of nitrogens with zero attached hydrogens (tertiary/aromatic N) is 5. The first-order chi connectivity index (χ1) is 11.2. The highest BCUT2D eigenvalue weighted by atomic mass is 16.2. The van der Waals surface area contributed by atoms with E-state index in [4.69, 9.17) is 0 Å². The van der Waals surface area contributed by atoms with Crippen LogP contribution in [0.5, 0.6) is 0 Å². The maximum atomic E-state index is 12.9. The Labute approximate surface area is 135 Å². The molecule has 23 heavy (non-hydrogen) atoms. The highest BCUT2D eigenvalue weighted by Crippen LogP contribution is 2.28. The van der Waals surface area contributed by atoms with E-state index in [1.54, 1.807) is 12.7 Å². The third-order valence-corrected chi connectivity index (χ3v) is 4.99. The molecule has 0 saturated carbocycles. The fourth-order valence-electron chi connectivity index (χ4n) is 3.84. The lowest BCUT2D eigenvalue weighted by Crippen LogP contribution is -2.47. The second kappa shape index (κ2) is 5.77. The van der Waals surface area contributed by atoms with Gasteiger partial charge in [0.15, 0.2) is 0 Å². The van der Waals surface area contributed by atoms with E-state index >= 15 is 0 Å². The minimum atomic E-state index is 0.158. The fraction of sp³-hybridized carbons (Fsp3) is 0.471. The molecule has 1 aromatic carbocycles. The monoisotopic (exact) mass is 311 g/mol. The first kappa shape index (κ1) is 14.4. The van der Waals surface area contributed by atoms with Crippen LogP contribution in [0.1, 0.15) is 23.2 Å². The Morgan fingerprint density at radius 1 is 1.04 bits per heavy atom. The van der Waals surface area contributed by atoms with Crippen molar-refractivity contribution in [3.05, 3.63) is 42.5 Å². The minimum absolute atomic E-state index is 0.158. The maximum Gasteiger partial charge on any atom is 0.254 e. The SMILES string of the molecule is CN1C[C@@H]2CC[C@H](C1)N(C(=O)c1ccc(-n3cnnc3)cc1)C2. The van der Waals surface area contributed by atoms with Crippen LogP contribution in [0.15, 0.2) is 36.9 Å². The summed E-state index contributed by atoms with van der Waals surface area (Å²) in [5, 5.41) is 7.61. The smallest absolute Gasteiger partial charge is 0.254 e. The molecule has 3 saturated heterocycles. The Hall–Kier alpha value is -2.21. The number of hydrogen-bond acceptors (Lipinski definition) is 4. The number of fused-ring (bicyclic) bond motifs is 4. The van der Waals surface area contributed by atoms with Gasteiger partial charge in [-0.1, -0.05) is 0 Å². The van der Waals surface area contributed by atoms with Gasteiger partial charge >= 0.3 is 0 Å². The predicted molar refractivity (Wildman–Crippen MR) is 86.4 cm³/mol. The molecule has 0 aliphatic carbocycles. The van der Waals surface area contributed by atoms with Crippen molar-refractivity contribution in [2.75, 3.05) is 26.7 Å². The molecule has 2 aromatic rings. The summed E-state index contributed by atoms with van der Waals surface area (Å²) >= 11 is 0. The molecule has 3 fully saturated rings. The quantitative estimate of drug-likeness (QED) is 0.842. The molecule has 0 spiro atoms. The van der Waals surface area contributed by atoms with Crippen LogP contribution in [0, 0.1) is 5.92 Å². The zero-order valence-electron chi connectivity index (χ0n) is 13.3. The molecule has 0 unspecified atom stereocenters. The van der Waals surface area contributed by atoms with E-state index in [0.717, 1.165) is 37.3 Å². The molecule has 4 heterocycles. The normalized spacial score (nSPS) is 24.7. The molecule has 5 rings (SSSR count). The maximum absolute atomic E-state index is 12.9. The number of amides is 1. The Morgan fingerprint density at radius 2 is 1.78 bits per heavy atom. The minimum Gasteiger partial charge on any atom is -0.334 e. The van der Waals surface area contributed by atoms with Crippen molar-refractivity contribution < 1.29 is 4.79 Å². The van der Waals surface area contributed by atoms with Crippen molar-refractivity contribution in [2.45, 2.75) is 18.9 Å². The van der Waals surface area contributed by atoms with Gasteiger partial charge in [-0.2, -0.15) is 0 Å². The number of piperidine rings is 1. The molecule has 0 N–H and O–H groups in total. The van der Waals surface area contributed by atoms with Gasteiger partial charge in [-0.05, 0) is 50.1 Å². The summed E-state index contributed by atoms with van der Waals surface area (Å²) in [5.74, 6) is 0.768. The lowest BCUT2D eigenvalue weighted by atomic mass is 9.94. The van der Waals surface area contributed by atoms with E-state index in [9.17, 15) is 4.79 Å². The second-order valence-corrected chi connectivity index (χ2v) is 6.69. The summed E-state index contributed by atoms with van der Waals surface area (Å²) in [5.41, 5.74) is 1.72. The molecule has 1 aromatic heterocycles. The van der Waals surface area contributed by atoms with E-state index < -0.39 is 0 Å². The van der Waals surface area contributed by atoms with Gasteiger partial charge in [0.05, 0.1) is 0 Å². The van der Waals surface area contributed by atoms with E-state index in [1.807, 2.05) is 28.8 Å². The van der Waals surface area contributed by atoms with Crippen LogP contribution in [0.4, 0.5) is 0 Å². The Bertz CT molecular complexity index is 682. The van der Waals surface area contributed by atoms with Crippen molar-refractivity contribution in [3.8, 4) is 5.69 Å². The van der Waals surface area contributed by atoms with Crippen LogP contribution in [0.2, 0.25) is 0 Å². The van der Waals surface area contributed by atoms with Gasteiger partial charge < -0.3 is 9.80 Å². The van der Waals surface area contributed by atoms with Crippen LogP contribution in [-0.4, -0.2) is 63.2 Å². The first-order valence-corrected chi connectivity index (χ1v) is 8.15. The largest absolute Gasteiger partial charge is 0.334 e. The Kier molecular flexibility index (Phi) is 3.61. The second-order valence-electron chi connectivity index (χ2n) is 6.69. The summed E-state index contributed by atoms with van der Waals surface area (Å²) < 4.78 is 1.83. The Morgan fingerprint density at radius 3 is 2.52 bits per heavy atom. The number of likely N-dealkylation sites (N-methyl/N-ethyl adjacent to an activating group) is 1.